The van der Waals surface area contributed by atoms with E-state index in [1.54, 1.807) is 44.2 Å². The van der Waals surface area contributed by atoms with E-state index in [9.17, 15) is 4.79 Å². The number of unbranched alkanes of at least 4 members (excludes halogenated alkanes) is 2. The summed E-state index contributed by atoms with van der Waals surface area (Å²) in [4.78, 5) is 18.2. The Morgan fingerprint density at radius 1 is 1.03 bits per heavy atom. The van der Waals surface area contributed by atoms with E-state index in [1.165, 1.54) is 0 Å². The van der Waals surface area contributed by atoms with Gasteiger partial charge in [0, 0.05) is 22.6 Å². The first kappa shape index (κ1) is 23.0. The van der Waals surface area contributed by atoms with Crippen LogP contribution in [0.1, 0.15) is 37.9 Å². The maximum absolute atomic E-state index is 13.2. The van der Waals surface area contributed by atoms with E-state index in [0.717, 1.165) is 41.2 Å². The summed E-state index contributed by atoms with van der Waals surface area (Å²) in [7, 11) is 4.75. The highest BCUT2D eigenvalue weighted by molar-refractivity contribution is 8.13. The van der Waals surface area contributed by atoms with Crippen molar-refractivity contribution in [2.75, 3.05) is 27.1 Å². The summed E-state index contributed by atoms with van der Waals surface area (Å²) >= 11 is 1.54. The number of hydrazone groups is 1. The average Bonchev–Trinajstić information content (AvgIpc) is 2.85. The Hall–Kier alpha value is -3.20. The Kier molecular flexibility index (Phi) is 7.08. The van der Waals surface area contributed by atoms with Gasteiger partial charge in [0.1, 0.15) is 11.4 Å². The van der Waals surface area contributed by atoms with Gasteiger partial charge in [-0.2, -0.15) is 0 Å². The van der Waals surface area contributed by atoms with Crippen LogP contribution >= 0.6 is 11.8 Å². The summed E-state index contributed by atoms with van der Waals surface area (Å²) in [6.07, 6.45) is 2.73. The summed E-state index contributed by atoms with van der Waals surface area (Å²) in [5.41, 5.74) is 1.18. The van der Waals surface area contributed by atoms with Crippen LogP contribution in [0.3, 0.4) is 0 Å². The fourth-order valence-corrected chi connectivity index (χ4v) is 4.72. The standard InChI is InChI=1S/C24H28N4O4S/c1-5-6-9-12-33-24-26-23(29)21-15-10-7-8-11-17(15)25-22(28(21)27-24)16-13-19(31-3)20(32-4)14-18(16)30-2/h7-8,10-11,13-14,22H,5-6,9,12H2,1-4H3,(H,26,27,29)/t22-/m0/s1. The van der Waals surface area contributed by atoms with E-state index in [1.807, 2.05) is 30.3 Å². The average molecular weight is 469 g/mol. The second-order valence-corrected chi connectivity index (χ2v) is 8.66. The molecule has 2 aliphatic heterocycles. The van der Waals surface area contributed by atoms with Gasteiger partial charge >= 0.3 is 0 Å². The molecule has 0 fully saturated rings. The van der Waals surface area contributed by atoms with Crippen molar-refractivity contribution in [3.63, 3.8) is 0 Å². The first-order chi connectivity index (χ1) is 16.1. The molecule has 0 saturated heterocycles. The molecule has 0 unspecified atom stereocenters. The molecule has 1 amide bonds. The highest BCUT2D eigenvalue weighted by atomic mass is 32.2. The lowest BCUT2D eigenvalue weighted by molar-refractivity contribution is -0.116. The minimum atomic E-state index is -0.609. The highest BCUT2D eigenvalue weighted by Crippen LogP contribution is 2.41. The third-order valence-corrected chi connectivity index (χ3v) is 6.47. The number of carbonyl (C=O) groups is 1. The summed E-state index contributed by atoms with van der Waals surface area (Å²) in [5.74, 6) is 2.34. The van der Waals surface area contributed by atoms with Crippen molar-refractivity contribution in [1.82, 2.24) is 10.3 Å². The molecule has 0 aromatic heterocycles. The maximum atomic E-state index is 13.2. The Bertz CT molecular complexity index is 1200. The molecule has 9 heteroatoms. The van der Waals surface area contributed by atoms with Gasteiger partial charge in [-0.15, -0.1) is 5.10 Å². The number of ether oxygens (including phenoxy) is 3. The smallest absolute Gasteiger partial charge is 0.276 e. The van der Waals surface area contributed by atoms with Crippen molar-refractivity contribution in [2.45, 2.75) is 32.4 Å². The number of thioether (sulfide) groups is 1. The zero-order valence-electron chi connectivity index (χ0n) is 19.3. The van der Waals surface area contributed by atoms with Crippen molar-refractivity contribution in [3.8, 4) is 17.2 Å². The SMILES string of the molecule is CCCCCSC1=NN2C(=c3ccccc3=N[C@@H]2c2cc(OC)c(OC)cc2OC)C(=O)N1. The first-order valence-corrected chi connectivity index (χ1v) is 11.9. The van der Waals surface area contributed by atoms with Gasteiger partial charge in [-0.1, -0.05) is 49.7 Å². The summed E-state index contributed by atoms with van der Waals surface area (Å²) in [5, 5.41) is 11.5. The lowest BCUT2D eigenvalue weighted by Gasteiger charge is -2.34. The summed E-state index contributed by atoms with van der Waals surface area (Å²) < 4.78 is 16.6. The Morgan fingerprint density at radius 3 is 2.48 bits per heavy atom. The van der Waals surface area contributed by atoms with Crippen LogP contribution in [0.25, 0.3) is 5.70 Å². The van der Waals surface area contributed by atoms with Crippen LogP contribution in [-0.4, -0.2) is 43.2 Å². The second kappa shape index (κ2) is 10.2. The summed E-state index contributed by atoms with van der Waals surface area (Å²) in [6.45, 7) is 2.17. The van der Waals surface area contributed by atoms with Gasteiger partial charge in [-0.3, -0.25) is 15.1 Å². The molecule has 0 spiro atoms. The third kappa shape index (κ3) is 4.50. The van der Waals surface area contributed by atoms with Gasteiger partial charge in [0.05, 0.1) is 26.7 Å². The lowest BCUT2D eigenvalue weighted by atomic mass is 10.1. The number of amidine groups is 1. The highest BCUT2D eigenvalue weighted by Gasteiger charge is 2.36. The molecule has 0 radical (unpaired) electrons. The van der Waals surface area contributed by atoms with E-state index in [0.29, 0.717) is 28.1 Å². The number of methoxy groups -OCH3 is 3. The molecular weight excluding hydrogens is 440 g/mol. The topological polar surface area (TPSA) is 84.8 Å². The Labute approximate surface area is 197 Å². The van der Waals surface area contributed by atoms with Gasteiger partial charge in [-0.05, 0) is 18.6 Å². The second-order valence-electron chi connectivity index (χ2n) is 7.58. The van der Waals surface area contributed by atoms with Crippen molar-refractivity contribution in [2.24, 2.45) is 10.1 Å². The molecule has 0 aliphatic carbocycles. The molecule has 0 saturated carbocycles. The van der Waals surface area contributed by atoms with Crippen LogP contribution in [0, 0.1) is 0 Å². The van der Waals surface area contributed by atoms with Gasteiger partial charge in [0.2, 0.25) is 0 Å². The first-order valence-electron chi connectivity index (χ1n) is 10.9. The molecule has 8 nitrogen and oxygen atoms in total. The predicted octanol–water partition coefficient (Wildman–Crippen LogP) is 2.78. The van der Waals surface area contributed by atoms with E-state index in [-0.39, 0.29) is 5.91 Å². The molecule has 0 bridgehead atoms. The Morgan fingerprint density at radius 2 is 1.76 bits per heavy atom. The van der Waals surface area contributed by atoms with E-state index >= 15 is 0 Å². The molecule has 2 aromatic carbocycles. The van der Waals surface area contributed by atoms with Gasteiger partial charge in [-0.25, -0.2) is 5.01 Å². The molecule has 2 aromatic rings. The van der Waals surface area contributed by atoms with Crippen molar-refractivity contribution in [3.05, 3.63) is 52.5 Å². The van der Waals surface area contributed by atoms with Crippen molar-refractivity contribution < 1.29 is 19.0 Å². The largest absolute Gasteiger partial charge is 0.496 e. The molecule has 2 heterocycles. The molecule has 4 rings (SSSR count). The number of carbonyl (C=O) groups excluding carboxylic acids is 1. The zero-order valence-corrected chi connectivity index (χ0v) is 20.1. The molecule has 2 aliphatic rings. The Balaban J connectivity index is 1.85. The fraction of sp³-hybridized carbons (Fsp3) is 0.375. The van der Waals surface area contributed by atoms with Gasteiger partial charge in [0.15, 0.2) is 22.8 Å². The van der Waals surface area contributed by atoms with Crippen molar-refractivity contribution in [1.29, 1.82) is 0 Å². The fourth-order valence-electron chi connectivity index (χ4n) is 3.87. The van der Waals surface area contributed by atoms with Crippen LogP contribution in [0.5, 0.6) is 17.2 Å². The molecule has 174 valence electrons. The number of amides is 1. The van der Waals surface area contributed by atoms with Crippen LogP contribution < -0.4 is 30.1 Å². The number of hydrogen-bond donors (Lipinski definition) is 1. The van der Waals surface area contributed by atoms with Crippen molar-refractivity contribution >= 4 is 28.5 Å². The number of fused-ring (bicyclic) bond motifs is 2. The number of benzene rings is 2. The van der Waals surface area contributed by atoms with E-state index in [4.69, 9.17) is 24.3 Å². The molecular formula is C24H28N4O4S. The molecule has 33 heavy (non-hydrogen) atoms. The van der Waals surface area contributed by atoms with Crippen LogP contribution in [-0.2, 0) is 4.79 Å². The number of nitrogens with one attached hydrogen (secondary N) is 1. The molecule has 1 atom stereocenters. The maximum Gasteiger partial charge on any atom is 0.276 e. The van der Waals surface area contributed by atoms with Gasteiger partial charge in [0.25, 0.3) is 5.91 Å². The quantitative estimate of drug-likeness (QED) is 0.600. The molecule has 1 N–H and O–H groups in total. The number of hydrogen-bond acceptors (Lipinski definition) is 8. The van der Waals surface area contributed by atoms with Crippen LogP contribution in [0.15, 0.2) is 46.5 Å². The van der Waals surface area contributed by atoms with Gasteiger partial charge < -0.3 is 14.2 Å². The number of nitrogens with zero attached hydrogens (tertiary/aromatic N) is 3. The predicted molar refractivity (Wildman–Crippen MR) is 129 cm³/mol. The van der Waals surface area contributed by atoms with Crippen LogP contribution in [0.4, 0.5) is 0 Å². The normalized spacial score (nSPS) is 16.8. The minimum Gasteiger partial charge on any atom is -0.496 e. The zero-order chi connectivity index (χ0) is 23.4. The van der Waals surface area contributed by atoms with E-state index < -0.39 is 6.17 Å². The number of para-hydroxylation sites is 1. The van der Waals surface area contributed by atoms with Crippen LogP contribution in [0.2, 0.25) is 0 Å². The lowest BCUT2D eigenvalue weighted by Crippen LogP contribution is -2.50. The minimum absolute atomic E-state index is 0.199. The third-order valence-electron chi connectivity index (χ3n) is 5.52. The monoisotopic (exact) mass is 468 g/mol. The summed E-state index contributed by atoms with van der Waals surface area (Å²) in [6, 6.07) is 11.2. The van der Waals surface area contributed by atoms with E-state index in [2.05, 4.69) is 12.2 Å². The number of rotatable bonds is 8.